The lowest BCUT2D eigenvalue weighted by Gasteiger charge is -2.19. The van der Waals surface area contributed by atoms with Crippen molar-refractivity contribution >= 4 is 11.3 Å². The third-order valence-corrected chi connectivity index (χ3v) is 4.76. The molecule has 2 aromatic heterocycles. The Labute approximate surface area is 165 Å². The van der Waals surface area contributed by atoms with Gasteiger partial charge in [0.15, 0.2) is 0 Å². The first kappa shape index (κ1) is 18.2. The van der Waals surface area contributed by atoms with Crippen molar-refractivity contribution in [2.75, 3.05) is 0 Å². The second-order valence-electron chi connectivity index (χ2n) is 7.72. The van der Waals surface area contributed by atoms with Gasteiger partial charge in [-0.1, -0.05) is 18.2 Å². The summed E-state index contributed by atoms with van der Waals surface area (Å²) in [6, 6.07) is 16.2. The first-order valence-corrected chi connectivity index (χ1v) is 9.47. The van der Waals surface area contributed by atoms with E-state index in [0.29, 0.717) is 6.61 Å². The van der Waals surface area contributed by atoms with E-state index in [1.807, 2.05) is 49.5 Å². The first-order chi connectivity index (χ1) is 13.5. The Morgan fingerprint density at radius 1 is 0.964 bits per heavy atom. The maximum atomic E-state index is 6.26. The van der Waals surface area contributed by atoms with Crippen LogP contribution in [0.2, 0.25) is 0 Å². The minimum Gasteiger partial charge on any atom is -0.487 e. The molecule has 28 heavy (non-hydrogen) atoms. The van der Waals surface area contributed by atoms with Crippen molar-refractivity contribution < 1.29 is 9.47 Å². The van der Waals surface area contributed by atoms with E-state index in [9.17, 15) is 0 Å². The second-order valence-corrected chi connectivity index (χ2v) is 7.72. The lowest BCUT2D eigenvalue weighted by Crippen LogP contribution is -2.17. The van der Waals surface area contributed by atoms with Gasteiger partial charge in [-0.05, 0) is 62.2 Å². The molecule has 1 aromatic carbocycles. The van der Waals surface area contributed by atoms with Crippen molar-refractivity contribution in [2.24, 2.45) is 0 Å². The number of benzene rings is 1. The third kappa shape index (κ3) is 4.06. The molecule has 0 atom stereocenters. The summed E-state index contributed by atoms with van der Waals surface area (Å²) >= 11 is 0. The van der Waals surface area contributed by atoms with E-state index in [2.05, 4.69) is 35.9 Å². The van der Waals surface area contributed by atoms with E-state index in [0.717, 1.165) is 40.3 Å². The van der Waals surface area contributed by atoms with Crippen LogP contribution in [0.4, 0.5) is 0 Å². The Morgan fingerprint density at radius 2 is 1.71 bits per heavy atom. The van der Waals surface area contributed by atoms with Gasteiger partial charge < -0.3 is 9.47 Å². The van der Waals surface area contributed by atoms with Crippen LogP contribution in [0.1, 0.15) is 42.7 Å². The lowest BCUT2D eigenvalue weighted by molar-refractivity contribution is 0.101. The van der Waals surface area contributed by atoms with Crippen molar-refractivity contribution in [3.05, 3.63) is 89.5 Å². The second kappa shape index (κ2) is 7.47. The van der Waals surface area contributed by atoms with Gasteiger partial charge in [0.25, 0.3) is 0 Å². The van der Waals surface area contributed by atoms with E-state index < -0.39 is 0 Å². The van der Waals surface area contributed by atoms with Gasteiger partial charge in [-0.3, -0.25) is 9.97 Å². The van der Waals surface area contributed by atoms with Gasteiger partial charge in [-0.25, -0.2) is 0 Å². The molecule has 0 fully saturated rings. The molecule has 142 valence electrons. The van der Waals surface area contributed by atoms with E-state index in [1.54, 1.807) is 12.4 Å². The summed E-state index contributed by atoms with van der Waals surface area (Å²) in [5.41, 5.74) is 5.26. The van der Waals surface area contributed by atoms with Crippen molar-refractivity contribution in [1.82, 2.24) is 9.97 Å². The summed E-state index contributed by atoms with van der Waals surface area (Å²) in [6.07, 6.45) is 6.31. The topological polar surface area (TPSA) is 44.2 Å². The van der Waals surface area contributed by atoms with Gasteiger partial charge >= 0.3 is 0 Å². The summed E-state index contributed by atoms with van der Waals surface area (Å²) < 4.78 is 12.1. The molecule has 0 amide bonds. The Balaban J connectivity index is 1.54. The van der Waals surface area contributed by atoms with Gasteiger partial charge in [-0.15, -0.1) is 0 Å². The lowest BCUT2D eigenvalue weighted by atomic mass is 9.94. The smallest absolute Gasteiger partial charge is 0.131 e. The van der Waals surface area contributed by atoms with Crippen LogP contribution in [0.15, 0.2) is 67.1 Å². The number of pyridine rings is 2. The van der Waals surface area contributed by atoms with Gasteiger partial charge in [0.2, 0.25) is 0 Å². The van der Waals surface area contributed by atoms with Crippen LogP contribution in [0.3, 0.4) is 0 Å². The molecular weight excluding hydrogens is 348 g/mol. The molecule has 0 saturated heterocycles. The van der Waals surface area contributed by atoms with E-state index in [1.165, 1.54) is 5.57 Å². The fraction of sp³-hybridized carbons (Fsp3) is 0.250. The molecular formula is C24H24N2O2. The van der Waals surface area contributed by atoms with Crippen LogP contribution in [-0.2, 0) is 11.3 Å². The SMILES string of the molecule is Cc1ccc(COc2ccc(C3=C(c4ccncc4)OC(C)(C)C3)cc2)nc1. The normalized spacial score (nSPS) is 15.4. The Bertz CT molecular complexity index is 975. The molecule has 1 aliphatic rings. The Hall–Kier alpha value is -3.14. The highest BCUT2D eigenvalue weighted by molar-refractivity contribution is 5.90. The number of hydrogen-bond donors (Lipinski definition) is 0. The minimum atomic E-state index is -0.222. The monoisotopic (exact) mass is 372 g/mol. The Kier molecular flexibility index (Phi) is 4.86. The molecule has 4 rings (SSSR count). The van der Waals surface area contributed by atoms with Crippen LogP contribution in [0, 0.1) is 6.92 Å². The predicted molar refractivity (Wildman–Crippen MR) is 111 cm³/mol. The summed E-state index contributed by atoms with van der Waals surface area (Å²) in [5.74, 6) is 1.76. The molecule has 0 radical (unpaired) electrons. The molecule has 3 aromatic rings. The molecule has 0 unspecified atom stereocenters. The molecule has 3 heterocycles. The number of aryl methyl sites for hydroxylation is 1. The third-order valence-electron chi connectivity index (χ3n) is 4.76. The quantitative estimate of drug-likeness (QED) is 0.599. The fourth-order valence-corrected chi connectivity index (χ4v) is 3.34. The van der Waals surface area contributed by atoms with Gasteiger partial charge in [0.1, 0.15) is 23.7 Å². The standard InChI is InChI=1S/C24H24N2O2/c1-17-4-7-20(26-15-17)16-27-21-8-5-18(6-9-21)22-14-24(2,3)28-23(22)19-10-12-25-13-11-19/h4-13,15H,14,16H2,1-3H3. The summed E-state index contributed by atoms with van der Waals surface area (Å²) in [5, 5.41) is 0. The van der Waals surface area contributed by atoms with Gasteiger partial charge in [0, 0.05) is 36.1 Å². The molecule has 0 N–H and O–H groups in total. The van der Waals surface area contributed by atoms with Crippen molar-refractivity contribution in [1.29, 1.82) is 0 Å². The number of hydrogen-bond acceptors (Lipinski definition) is 4. The molecule has 0 aliphatic carbocycles. The Morgan fingerprint density at radius 3 is 2.39 bits per heavy atom. The zero-order chi connectivity index (χ0) is 19.6. The maximum Gasteiger partial charge on any atom is 0.131 e. The molecule has 0 saturated carbocycles. The average Bonchev–Trinajstić information content (AvgIpc) is 3.04. The molecule has 4 nitrogen and oxygen atoms in total. The zero-order valence-electron chi connectivity index (χ0n) is 16.5. The number of aromatic nitrogens is 2. The average molecular weight is 372 g/mol. The highest BCUT2D eigenvalue weighted by Gasteiger charge is 2.33. The van der Waals surface area contributed by atoms with Crippen LogP contribution >= 0.6 is 0 Å². The predicted octanol–water partition coefficient (Wildman–Crippen LogP) is 5.43. The van der Waals surface area contributed by atoms with E-state index in [-0.39, 0.29) is 5.60 Å². The van der Waals surface area contributed by atoms with Crippen LogP contribution < -0.4 is 4.74 Å². The van der Waals surface area contributed by atoms with Gasteiger partial charge in [-0.2, -0.15) is 0 Å². The summed E-state index contributed by atoms with van der Waals surface area (Å²) in [4.78, 5) is 8.49. The minimum absolute atomic E-state index is 0.222. The molecule has 0 bridgehead atoms. The number of nitrogens with zero attached hydrogens (tertiary/aromatic N) is 2. The van der Waals surface area contributed by atoms with Crippen LogP contribution in [0.25, 0.3) is 11.3 Å². The van der Waals surface area contributed by atoms with Crippen LogP contribution in [0.5, 0.6) is 5.75 Å². The van der Waals surface area contributed by atoms with E-state index >= 15 is 0 Å². The highest BCUT2D eigenvalue weighted by atomic mass is 16.5. The summed E-state index contributed by atoms with van der Waals surface area (Å²) in [6.45, 7) is 6.72. The van der Waals surface area contributed by atoms with Crippen molar-refractivity contribution in [3.8, 4) is 5.75 Å². The van der Waals surface area contributed by atoms with Crippen LogP contribution in [-0.4, -0.2) is 15.6 Å². The number of rotatable bonds is 5. The highest BCUT2D eigenvalue weighted by Crippen LogP contribution is 2.43. The zero-order valence-corrected chi connectivity index (χ0v) is 16.5. The maximum absolute atomic E-state index is 6.26. The number of ether oxygens (including phenoxy) is 2. The fourth-order valence-electron chi connectivity index (χ4n) is 3.34. The van der Waals surface area contributed by atoms with Gasteiger partial charge in [0.05, 0.1) is 5.69 Å². The molecule has 0 spiro atoms. The van der Waals surface area contributed by atoms with E-state index in [4.69, 9.17) is 9.47 Å². The summed E-state index contributed by atoms with van der Waals surface area (Å²) in [7, 11) is 0. The van der Waals surface area contributed by atoms with Crippen molar-refractivity contribution in [3.63, 3.8) is 0 Å². The largest absolute Gasteiger partial charge is 0.487 e. The van der Waals surface area contributed by atoms with Crippen molar-refractivity contribution in [2.45, 2.75) is 39.4 Å². The first-order valence-electron chi connectivity index (χ1n) is 9.47. The molecule has 1 aliphatic heterocycles. The molecule has 4 heteroatoms.